The third kappa shape index (κ3) is 4.52. The van der Waals surface area contributed by atoms with Crippen LogP contribution in [-0.2, 0) is 4.74 Å². The summed E-state index contributed by atoms with van der Waals surface area (Å²) in [5.74, 6) is 0.883. The highest BCUT2D eigenvalue weighted by Crippen LogP contribution is 2.30. The fourth-order valence-electron chi connectivity index (χ4n) is 4.49. The van der Waals surface area contributed by atoms with Crippen LogP contribution in [0, 0.1) is 0 Å². The first-order valence-electron chi connectivity index (χ1n) is 11.6. The van der Waals surface area contributed by atoms with Gasteiger partial charge in [0.1, 0.15) is 12.0 Å². The minimum absolute atomic E-state index is 0.00626. The molecule has 0 saturated carbocycles. The standard InChI is InChI=1S/C24H29N7O3/c1-15(32)31-7-6-18(14-31)28-24-27-13-20-21(29-24)19(12-26-22(20)25)16-2-4-17(5-3-16)23(33)30-8-10-34-11-9-30/h2-5,12-13,15,18,32H,6-11,14H2,1H3,(H2,25,26)(H,27,28,29). The highest BCUT2D eigenvalue weighted by Gasteiger charge is 2.26. The SMILES string of the molecule is CC(O)N1CCC(Nc2ncc3c(N)ncc(-c4ccc(C(=O)N5CCOCC5)cc4)c3n2)C1. The van der Waals surface area contributed by atoms with Crippen LogP contribution in [0.3, 0.4) is 0 Å². The Morgan fingerprint density at radius 3 is 2.65 bits per heavy atom. The molecule has 2 aliphatic heterocycles. The number of morpholine rings is 1. The van der Waals surface area contributed by atoms with Crippen molar-refractivity contribution in [2.75, 3.05) is 50.4 Å². The number of nitrogens with zero attached hydrogens (tertiary/aromatic N) is 5. The predicted octanol–water partition coefficient (Wildman–Crippen LogP) is 1.57. The third-order valence-corrected chi connectivity index (χ3v) is 6.48. The summed E-state index contributed by atoms with van der Waals surface area (Å²) >= 11 is 0. The molecule has 0 aliphatic carbocycles. The van der Waals surface area contributed by atoms with Crippen molar-refractivity contribution >= 4 is 28.6 Å². The zero-order valence-corrected chi connectivity index (χ0v) is 19.1. The fourth-order valence-corrected chi connectivity index (χ4v) is 4.49. The van der Waals surface area contributed by atoms with E-state index in [0.717, 1.165) is 30.6 Å². The fraction of sp³-hybridized carbons (Fsp3) is 0.417. The van der Waals surface area contributed by atoms with Gasteiger partial charge in [0, 0.05) is 55.7 Å². The van der Waals surface area contributed by atoms with E-state index in [9.17, 15) is 9.90 Å². The van der Waals surface area contributed by atoms with Crippen molar-refractivity contribution in [3.05, 3.63) is 42.2 Å². The van der Waals surface area contributed by atoms with Gasteiger partial charge in [0.2, 0.25) is 5.95 Å². The maximum atomic E-state index is 12.8. The molecule has 4 N–H and O–H groups in total. The van der Waals surface area contributed by atoms with Crippen molar-refractivity contribution in [3.63, 3.8) is 0 Å². The summed E-state index contributed by atoms with van der Waals surface area (Å²) in [6, 6.07) is 7.64. The normalized spacial score (nSPS) is 19.9. The molecule has 4 heterocycles. The lowest BCUT2D eigenvalue weighted by Crippen LogP contribution is -2.40. The monoisotopic (exact) mass is 463 g/mol. The van der Waals surface area contributed by atoms with Gasteiger partial charge in [-0.25, -0.2) is 15.0 Å². The van der Waals surface area contributed by atoms with Crippen molar-refractivity contribution in [3.8, 4) is 11.1 Å². The molecule has 34 heavy (non-hydrogen) atoms. The number of benzene rings is 1. The lowest BCUT2D eigenvalue weighted by atomic mass is 10.0. The van der Waals surface area contributed by atoms with Crippen LogP contribution in [-0.4, -0.2) is 87.4 Å². The number of rotatable bonds is 5. The summed E-state index contributed by atoms with van der Waals surface area (Å²) in [7, 11) is 0. The average molecular weight is 464 g/mol. The first kappa shape index (κ1) is 22.5. The molecule has 2 fully saturated rings. The number of hydrogen-bond acceptors (Lipinski definition) is 9. The van der Waals surface area contributed by atoms with Gasteiger partial charge < -0.3 is 25.8 Å². The number of nitrogens with one attached hydrogen (secondary N) is 1. The van der Waals surface area contributed by atoms with Gasteiger partial charge >= 0.3 is 0 Å². The molecule has 1 aromatic carbocycles. The van der Waals surface area contributed by atoms with Crippen molar-refractivity contribution in [2.24, 2.45) is 0 Å². The Labute approximate surface area is 197 Å². The number of aliphatic hydroxyl groups is 1. The number of aromatic nitrogens is 3. The van der Waals surface area contributed by atoms with Crippen molar-refractivity contribution in [1.82, 2.24) is 24.8 Å². The number of nitrogen functional groups attached to an aromatic ring is 1. The first-order chi connectivity index (χ1) is 16.5. The number of ether oxygens (including phenoxy) is 1. The molecule has 0 bridgehead atoms. The van der Waals surface area contributed by atoms with E-state index in [1.165, 1.54) is 0 Å². The van der Waals surface area contributed by atoms with Gasteiger partial charge in [0.25, 0.3) is 5.91 Å². The molecule has 178 valence electrons. The summed E-state index contributed by atoms with van der Waals surface area (Å²) in [5, 5.41) is 13.9. The number of nitrogens with two attached hydrogens (primary N) is 1. The predicted molar refractivity (Wildman–Crippen MR) is 129 cm³/mol. The second-order valence-corrected chi connectivity index (χ2v) is 8.75. The number of hydrogen-bond donors (Lipinski definition) is 3. The van der Waals surface area contributed by atoms with Gasteiger partial charge in [0.15, 0.2) is 0 Å². The van der Waals surface area contributed by atoms with Gasteiger partial charge in [-0.3, -0.25) is 9.69 Å². The zero-order chi connectivity index (χ0) is 23.7. The molecular weight excluding hydrogens is 434 g/mol. The van der Waals surface area contributed by atoms with Crippen LogP contribution in [0.15, 0.2) is 36.7 Å². The van der Waals surface area contributed by atoms with E-state index in [1.54, 1.807) is 19.3 Å². The summed E-state index contributed by atoms with van der Waals surface area (Å²) in [6.45, 7) is 5.67. The lowest BCUT2D eigenvalue weighted by Gasteiger charge is -2.26. The van der Waals surface area contributed by atoms with Crippen molar-refractivity contribution in [1.29, 1.82) is 0 Å². The van der Waals surface area contributed by atoms with E-state index < -0.39 is 6.23 Å². The Morgan fingerprint density at radius 1 is 1.18 bits per heavy atom. The number of pyridine rings is 1. The number of likely N-dealkylation sites (tertiary alicyclic amines) is 1. The van der Waals surface area contributed by atoms with E-state index in [-0.39, 0.29) is 11.9 Å². The molecule has 2 atom stereocenters. The Morgan fingerprint density at radius 2 is 1.94 bits per heavy atom. The summed E-state index contributed by atoms with van der Waals surface area (Å²) in [4.78, 5) is 30.1. The minimum atomic E-state index is -0.472. The Kier molecular flexibility index (Phi) is 6.27. The molecule has 5 rings (SSSR count). The van der Waals surface area contributed by atoms with Crippen LogP contribution >= 0.6 is 0 Å². The Balaban J connectivity index is 1.41. The van der Waals surface area contributed by atoms with Crippen molar-refractivity contribution < 1.29 is 14.6 Å². The number of carbonyl (C=O) groups excluding carboxylic acids is 1. The zero-order valence-electron chi connectivity index (χ0n) is 19.1. The molecule has 1 amide bonds. The largest absolute Gasteiger partial charge is 0.383 e. The van der Waals surface area contributed by atoms with E-state index in [0.29, 0.717) is 54.5 Å². The Bertz CT molecular complexity index is 1180. The number of anilines is 2. The highest BCUT2D eigenvalue weighted by atomic mass is 16.5. The van der Waals surface area contributed by atoms with E-state index in [1.807, 2.05) is 34.1 Å². The molecule has 2 unspecified atom stereocenters. The van der Waals surface area contributed by atoms with Gasteiger partial charge in [-0.15, -0.1) is 0 Å². The quantitative estimate of drug-likeness (QED) is 0.516. The number of carbonyl (C=O) groups is 1. The molecule has 0 spiro atoms. The number of amides is 1. The van der Waals surface area contributed by atoms with Crippen LogP contribution in [0.1, 0.15) is 23.7 Å². The van der Waals surface area contributed by atoms with Crippen LogP contribution in [0.2, 0.25) is 0 Å². The van der Waals surface area contributed by atoms with Crippen LogP contribution in [0.5, 0.6) is 0 Å². The van der Waals surface area contributed by atoms with Gasteiger partial charge in [-0.2, -0.15) is 0 Å². The van der Waals surface area contributed by atoms with Crippen LogP contribution in [0.4, 0.5) is 11.8 Å². The topological polar surface area (TPSA) is 130 Å². The lowest BCUT2D eigenvalue weighted by molar-refractivity contribution is 0.0303. The van der Waals surface area contributed by atoms with Gasteiger partial charge in [-0.05, 0) is 31.0 Å². The van der Waals surface area contributed by atoms with Gasteiger partial charge in [0.05, 0.1) is 24.1 Å². The molecular formula is C24H29N7O3. The average Bonchev–Trinajstić information content (AvgIpc) is 3.33. The minimum Gasteiger partial charge on any atom is -0.383 e. The smallest absolute Gasteiger partial charge is 0.254 e. The molecule has 0 radical (unpaired) electrons. The summed E-state index contributed by atoms with van der Waals surface area (Å²) in [6.07, 6.45) is 3.82. The second-order valence-electron chi connectivity index (χ2n) is 8.75. The van der Waals surface area contributed by atoms with Crippen molar-refractivity contribution in [2.45, 2.75) is 25.6 Å². The summed E-state index contributed by atoms with van der Waals surface area (Å²) < 4.78 is 5.34. The van der Waals surface area contributed by atoms with E-state index >= 15 is 0 Å². The third-order valence-electron chi connectivity index (χ3n) is 6.48. The van der Waals surface area contributed by atoms with E-state index in [2.05, 4.69) is 15.3 Å². The highest BCUT2D eigenvalue weighted by molar-refractivity contribution is 5.99. The first-order valence-corrected chi connectivity index (χ1v) is 11.6. The van der Waals surface area contributed by atoms with Gasteiger partial charge in [-0.1, -0.05) is 12.1 Å². The molecule has 2 aromatic heterocycles. The molecule has 2 saturated heterocycles. The maximum Gasteiger partial charge on any atom is 0.254 e. The number of aliphatic hydroxyl groups excluding tert-OH is 1. The van der Waals surface area contributed by atoms with E-state index in [4.69, 9.17) is 15.5 Å². The molecule has 10 heteroatoms. The number of fused-ring (bicyclic) bond motifs is 1. The molecule has 2 aliphatic rings. The maximum absolute atomic E-state index is 12.8. The molecule has 10 nitrogen and oxygen atoms in total. The van der Waals surface area contributed by atoms with Crippen LogP contribution in [0.25, 0.3) is 22.0 Å². The Hall–Kier alpha value is -3.34. The second kappa shape index (κ2) is 9.49. The summed E-state index contributed by atoms with van der Waals surface area (Å²) in [5.41, 5.74) is 9.15. The molecule has 3 aromatic rings. The van der Waals surface area contributed by atoms with Crippen LogP contribution < -0.4 is 11.1 Å².